The van der Waals surface area contributed by atoms with Gasteiger partial charge in [0.05, 0.1) is 11.5 Å². The van der Waals surface area contributed by atoms with Crippen LogP contribution in [0.2, 0.25) is 0 Å². The molecular formula is C17H25NO2. The third kappa shape index (κ3) is 2.35. The Bertz CT molecular complexity index is 520. The number of amides is 1. The van der Waals surface area contributed by atoms with E-state index in [4.69, 9.17) is 0 Å². The van der Waals surface area contributed by atoms with Crippen molar-refractivity contribution in [1.82, 2.24) is 0 Å². The molecule has 0 saturated carbocycles. The van der Waals surface area contributed by atoms with Crippen LogP contribution in [0.1, 0.15) is 58.3 Å². The Labute approximate surface area is 121 Å². The summed E-state index contributed by atoms with van der Waals surface area (Å²) in [5.74, 6) is 0.588. The van der Waals surface area contributed by atoms with E-state index in [1.54, 1.807) is 0 Å². The molecule has 0 radical (unpaired) electrons. The highest BCUT2D eigenvalue weighted by Crippen LogP contribution is 2.42. The number of likely N-dealkylation sites (N-methyl/N-ethyl adjacent to an activating group) is 1. The monoisotopic (exact) mass is 275 g/mol. The standard InChI is InChI=1S/C17H25NO2/c1-6-18-14-8-7-12(15(19)9-11(2)3)10-13(14)17(4,5)16(18)20/h7-8,10-11,15,19H,6,9H2,1-5H3. The zero-order chi connectivity index (χ0) is 15.1. The summed E-state index contributed by atoms with van der Waals surface area (Å²) in [5, 5.41) is 10.3. The SMILES string of the molecule is CCN1C(=O)C(C)(C)c2cc(C(O)CC(C)C)ccc21. The second-order valence-corrected chi connectivity index (χ2v) is 6.60. The normalized spacial score (nSPS) is 18.6. The molecule has 1 aliphatic heterocycles. The molecule has 1 aromatic rings. The second kappa shape index (κ2) is 5.21. The van der Waals surface area contributed by atoms with E-state index in [0.29, 0.717) is 12.5 Å². The van der Waals surface area contributed by atoms with Gasteiger partial charge in [-0.25, -0.2) is 0 Å². The van der Waals surface area contributed by atoms with Crippen LogP contribution >= 0.6 is 0 Å². The summed E-state index contributed by atoms with van der Waals surface area (Å²) in [4.78, 5) is 14.3. The van der Waals surface area contributed by atoms with E-state index in [9.17, 15) is 9.90 Å². The van der Waals surface area contributed by atoms with Gasteiger partial charge >= 0.3 is 0 Å². The molecule has 0 fully saturated rings. The molecule has 1 unspecified atom stereocenters. The number of anilines is 1. The molecule has 1 aromatic carbocycles. The van der Waals surface area contributed by atoms with Gasteiger partial charge in [0.1, 0.15) is 0 Å². The van der Waals surface area contributed by atoms with Gasteiger partial charge in [-0.1, -0.05) is 26.0 Å². The van der Waals surface area contributed by atoms with Crippen molar-refractivity contribution in [2.75, 3.05) is 11.4 Å². The lowest BCUT2D eigenvalue weighted by Crippen LogP contribution is -2.35. The number of carbonyl (C=O) groups excluding carboxylic acids is 1. The Morgan fingerprint density at radius 3 is 2.50 bits per heavy atom. The van der Waals surface area contributed by atoms with Crippen molar-refractivity contribution in [1.29, 1.82) is 0 Å². The maximum Gasteiger partial charge on any atom is 0.237 e. The van der Waals surface area contributed by atoms with E-state index < -0.39 is 11.5 Å². The molecule has 0 aliphatic carbocycles. The number of nitrogens with zero attached hydrogens (tertiary/aromatic N) is 1. The first kappa shape index (κ1) is 15.0. The highest BCUT2D eigenvalue weighted by molar-refractivity contribution is 6.07. The van der Waals surface area contributed by atoms with Crippen LogP contribution in [0.5, 0.6) is 0 Å². The van der Waals surface area contributed by atoms with Crippen molar-refractivity contribution < 1.29 is 9.90 Å². The average Bonchev–Trinajstić information content (AvgIpc) is 2.56. The number of rotatable bonds is 4. The maximum absolute atomic E-state index is 12.4. The number of hydrogen-bond acceptors (Lipinski definition) is 2. The topological polar surface area (TPSA) is 40.5 Å². The average molecular weight is 275 g/mol. The lowest BCUT2D eigenvalue weighted by Gasteiger charge is -2.19. The van der Waals surface area contributed by atoms with Gasteiger partial charge in [-0.2, -0.15) is 0 Å². The molecular weight excluding hydrogens is 250 g/mol. The Kier molecular flexibility index (Phi) is 3.92. The van der Waals surface area contributed by atoms with Crippen LogP contribution in [0, 0.1) is 5.92 Å². The summed E-state index contributed by atoms with van der Waals surface area (Å²) in [6.07, 6.45) is 0.284. The van der Waals surface area contributed by atoms with Crippen LogP contribution in [0.4, 0.5) is 5.69 Å². The van der Waals surface area contributed by atoms with E-state index in [1.807, 2.05) is 43.9 Å². The highest BCUT2D eigenvalue weighted by atomic mass is 16.3. The van der Waals surface area contributed by atoms with Crippen molar-refractivity contribution in [3.05, 3.63) is 29.3 Å². The summed E-state index contributed by atoms with van der Waals surface area (Å²) in [7, 11) is 0. The van der Waals surface area contributed by atoms with E-state index in [1.165, 1.54) is 0 Å². The molecule has 20 heavy (non-hydrogen) atoms. The van der Waals surface area contributed by atoms with Crippen LogP contribution in [0.15, 0.2) is 18.2 Å². The van der Waals surface area contributed by atoms with Crippen LogP contribution in [0.3, 0.4) is 0 Å². The molecule has 1 atom stereocenters. The molecule has 0 saturated heterocycles. The number of benzene rings is 1. The third-order valence-corrected chi connectivity index (χ3v) is 4.16. The zero-order valence-corrected chi connectivity index (χ0v) is 13.1. The summed E-state index contributed by atoms with van der Waals surface area (Å²) in [5.41, 5.74) is 2.43. The van der Waals surface area contributed by atoms with Gasteiger partial charge in [-0.3, -0.25) is 4.79 Å². The first-order valence-corrected chi connectivity index (χ1v) is 7.43. The number of aliphatic hydroxyl groups excluding tert-OH is 1. The van der Waals surface area contributed by atoms with Crippen molar-refractivity contribution >= 4 is 11.6 Å². The van der Waals surface area contributed by atoms with Crippen LogP contribution in [-0.2, 0) is 10.2 Å². The summed E-state index contributed by atoms with van der Waals surface area (Å²) >= 11 is 0. The lowest BCUT2D eigenvalue weighted by atomic mass is 9.84. The maximum atomic E-state index is 12.4. The largest absolute Gasteiger partial charge is 0.388 e. The van der Waals surface area contributed by atoms with Crippen LogP contribution in [0.25, 0.3) is 0 Å². The molecule has 1 N–H and O–H groups in total. The molecule has 0 bridgehead atoms. The summed E-state index contributed by atoms with van der Waals surface area (Å²) in [6.45, 7) is 10.8. The molecule has 0 spiro atoms. The molecule has 110 valence electrons. The molecule has 3 heteroatoms. The predicted molar refractivity (Wildman–Crippen MR) is 81.9 cm³/mol. The van der Waals surface area contributed by atoms with Crippen molar-refractivity contribution in [3.8, 4) is 0 Å². The highest BCUT2D eigenvalue weighted by Gasteiger charge is 2.43. The van der Waals surface area contributed by atoms with E-state index in [0.717, 1.165) is 23.2 Å². The fourth-order valence-electron chi connectivity index (χ4n) is 2.96. The van der Waals surface area contributed by atoms with Gasteiger partial charge < -0.3 is 10.0 Å². The molecule has 0 aromatic heterocycles. The molecule has 2 rings (SSSR count). The first-order valence-electron chi connectivity index (χ1n) is 7.43. The van der Waals surface area contributed by atoms with Crippen molar-refractivity contribution in [3.63, 3.8) is 0 Å². The van der Waals surface area contributed by atoms with Gasteiger partial charge in [0.2, 0.25) is 5.91 Å². The fourth-order valence-corrected chi connectivity index (χ4v) is 2.96. The first-order chi connectivity index (χ1) is 9.28. The lowest BCUT2D eigenvalue weighted by molar-refractivity contribution is -0.122. The van der Waals surface area contributed by atoms with Gasteiger partial charge in [-0.15, -0.1) is 0 Å². The van der Waals surface area contributed by atoms with Gasteiger partial charge in [0, 0.05) is 12.2 Å². The molecule has 1 amide bonds. The minimum atomic E-state index is -0.501. The molecule has 1 aliphatic rings. The van der Waals surface area contributed by atoms with Crippen LogP contribution < -0.4 is 4.90 Å². The Morgan fingerprint density at radius 2 is 1.95 bits per heavy atom. The summed E-state index contributed by atoms with van der Waals surface area (Å²) in [6, 6.07) is 5.93. The number of hydrogen-bond donors (Lipinski definition) is 1. The van der Waals surface area contributed by atoms with E-state index >= 15 is 0 Å². The fraction of sp³-hybridized carbons (Fsp3) is 0.588. The zero-order valence-electron chi connectivity index (χ0n) is 13.1. The van der Waals surface area contributed by atoms with Gasteiger partial charge in [0.25, 0.3) is 0 Å². The smallest absolute Gasteiger partial charge is 0.237 e. The minimum Gasteiger partial charge on any atom is -0.388 e. The van der Waals surface area contributed by atoms with Crippen LogP contribution in [-0.4, -0.2) is 17.6 Å². The molecule has 1 heterocycles. The predicted octanol–water partition coefficient (Wildman–Crippen LogP) is 3.41. The van der Waals surface area contributed by atoms with E-state index in [2.05, 4.69) is 13.8 Å². The number of fused-ring (bicyclic) bond motifs is 1. The van der Waals surface area contributed by atoms with Crippen molar-refractivity contribution in [2.24, 2.45) is 5.92 Å². The minimum absolute atomic E-state index is 0.144. The number of carbonyl (C=O) groups is 1. The van der Waals surface area contributed by atoms with Gasteiger partial charge in [-0.05, 0) is 50.3 Å². The Balaban J connectivity index is 2.42. The summed E-state index contributed by atoms with van der Waals surface area (Å²) < 4.78 is 0. The second-order valence-electron chi connectivity index (χ2n) is 6.60. The quantitative estimate of drug-likeness (QED) is 0.914. The van der Waals surface area contributed by atoms with Gasteiger partial charge in [0.15, 0.2) is 0 Å². The Hall–Kier alpha value is -1.35. The number of aliphatic hydroxyl groups is 1. The van der Waals surface area contributed by atoms with E-state index in [-0.39, 0.29) is 5.91 Å². The van der Waals surface area contributed by atoms with Crippen molar-refractivity contribution in [2.45, 2.75) is 52.6 Å². The Morgan fingerprint density at radius 1 is 1.30 bits per heavy atom. The molecule has 3 nitrogen and oxygen atoms in total. The third-order valence-electron chi connectivity index (χ3n) is 4.16.